The molecule has 1 aliphatic rings. The molecule has 0 amide bonds. The Morgan fingerprint density at radius 1 is 1.48 bits per heavy atom. The molecule has 25 heavy (non-hydrogen) atoms. The van der Waals surface area contributed by atoms with E-state index in [4.69, 9.17) is 21.1 Å². The number of aryl methyl sites for hydroxylation is 1. The molecule has 0 radical (unpaired) electrons. The summed E-state index contributed by atoms with van der Waals surface area (Å²) in [6, 6.07) is 2.42. The van der Waals surface area contributed by atoms with Crippen molar-refractivity contribution in [3.63, 3.8) is 0 Å². The molecular weight excluding hydrogens is 360 g/mol. The van der Waals surface area contributed by atoms with Crippen LogP contribution in [0.4, 0.5) is 8.78 Å². The average Bonchev–Trinajstić information content (AvgIpc) is 2.91. The Labute approximate surface area is 145 Å². The lowest BCUT2D eigenvalue weighted by atomic mass is 9.94. The molecule has 0 unspecified atom stereocenters. The first-order valence-electron chi connectivity index (χ1n) is 7.36. The highest BCUT2D eigenvalue weighted by atomic mass is 35.5. The van der Waals surface area contributed by atoms with Crippen molar-refractivity contribution in [3.05, 3.63) is 29.0 Å². The first-order chi connectivity index (χ1) is 11.5. The maximum absolute atomic E-state index is 13.7. The summed E-state index contributed by atoms with van der Waals surface area (Å²) in [5, 5.41) is 6.29. The van der Waals surface area contributed by atoms with Crippen LogP contribution in [0.5, 0.6) is 5.75 Å². The maximum atomic E-state index is 13.7. The number of benzene rings is 1. The average molecular weight is 374 g/mol. The van der Waals surface area contributed by atoms with Crippen LogP contribution in [0.15, 0.2) is 12.1 Å². The van der Waals surface area contributed by atoms with Gasteiger partial charge in [0.1, 0.15) is 5.75 Å². The first-order valence-corrected chi connectivity index (χ1v) is 7.73. The number of ether oxygens (including phenoxy) is 2. The van der Waals surface area contributed by atoms with Gasteiger partial charge in [-0.15, -0.1) is 0 Å². The van der Waals surface area contributed by atoms with Gasteiger partial charge in [-0.3, -0.25) is 0 Å². The fourth-order valence-corrected chi connectivity index (χ4v) is 3.15. The molecule has 134 valence electrons. The molecule has 2 heterocycles. The number of alkyl halides is 3. The minimum Gasteiger partial charge on any atom is -0.462 e. The third-order valence-corrected chi connectivity index (χ3v) is 4.64. The van der Waals surface area contributed by atoms with Gasteiger partial charge >= 0.3 is 17.3 Å². The van der Waals surface area contributed by atoms with Gasteiger partial charge in [0.15, 0.2) is 0 Å². The lowest BCUT2D eigenvalue weighted by molar-refractivity contribution is -0.177. The van der Waals surface area contributed by atoms with Crippen LogP contribution in [0.1, 0.15) is 28.5 Å². The highest BCUT2D eigenvalue weighted by Gasteiger charge is 2.64. The molecular formula is C16H14ClF2NO5. The zero-order valence-electron chi connectivity index (χ0n) is 13.5. The minimum atomic E-state index is -4.27. The number of esters is 2. The lowest BCUT2D eigenvalue weighted by Crippen LogP contribution is -2.46. The molecule has 6 nitrogen and oxygen atoms in total. The molecule has 9 heteroatoms. The second-order valence-electron chi connectivity index (χ2n) is 5.70. The van der Waals surface area contributed by atoms with E-state index in [-0.39, 0.29) is 17.9 Å². The molecule has 3 rings (SSSR count). The number of carbonyl (C=O) groups excluding carboxylic acids is 2. The van der Waals surface area contributed by atoms with Gasteiger partial charge in [-0.1, -0.05) is 0 Å². The molecule has 0 spiro atoms. The summed E-state index contributed by atoms with van der Waals surface area (Å²) < 4.78 is 38.7. The van der Waals surface area contributed by atoms with Crippen molar-refractivity contribution in [2.75, 3.05) is 6.61 Å². The number of carbonyl (C=O) groups is 2. The summed E-state index contributed by atoms with van der Waals surface area (Å²) in [6.07, 6.45) is 0. The van der Waals surface area contributed by atoms with Gasteiger partial charge in [-0.05, 0) is 37.6 Å². The Kier molecular flexibility index (Phi) is 3.81. The number of hydrogen-bond donors (Lipinski definition) is 1. The van der Waals surface area contributed by atoms with Crippen molar-refractivity contribution in [1.29, 1.82) is 0 Å². The number of halogens is 3. The first kappa shape index (κ1) is 17.6. The Balaban J connectivity index is 2.32. The van der Waals surface area contributed by atoms with E-state index in [9.17, 15) is 23.5 Å². The number of rotatable bonds is 3. The second kappa shape index (κ2) is 5.40. The summed E-state index contributed by atoms with van der Waals surface area (Å²) >= 11 is 4.96. The van der Waals surface area contributed by atoms with Gasteiger partial charge in [-0.25, -0.2) is 9.59 Å². The quantitative estimate of drug-likeness (QED) is 0.508. The van der Waals surface area contributed by atoms with Gasteiger partial charge in [0.25, 0.3) is 5.60 Å². The van der Waals surface area contributed by atoms with Gasteiger partial charge in [-0.2, -0.15) is 8.78 Å². The third kappa shape index (κ3) is 2.24. The van der Waals surface area contributed by atoms with E-state index < -0.39 is 28.5 Å². The summed E-state index contributed by atoms with van der Waals surface area (Å²) in [6.45, 7) is 3.47. The van der Waals surface area contributed by atoms with Crippen molar-refractivity contribution < 1.29 is 33.0 Å². The number of nitrogens with zero attached hydrogens (tertiary/aromatic N) is 1. The van der Waals surface area contributed by atoms with Crippen LogP contribution in [0.2, 0.25) is 0 Å². The SMILES string of the molecule is CCOC(=O)c1c(C)n(C)c2cc3c(cc12)OC(=O)[C@]3(O)C(F)(F)Cl. The van der Waals surface area contributed by atoms with Crippen LogP contribution in [0.25, 0.3) is 10.9 Å². The van der Waals surface area contributed by atoms with Crippen molar-refractivity contribution >= 4 is 34.4 Å². The van der Waals surface area contributed by atoms with Crippen molar-refractivity contribution in [2.45, 2.75) is 24.8 Å². The van der Waals surface area contributed by atoms with E-state index in [1.807, 2.05) is 0 Å². The molecule has 1 aromatic carbocycles. The zero-order valence-corrected chi connectivity index (χ0v) is 14.3. The fraction of sp³-hybridized carbons (Fsp3) is 0.375. The van der Waals surface area contributed by atoms with Gasteiger partial charge < -0.3 is 19.1 Å². The number of hydrogen-bond acceptors (Lipinski definition) is 5. The topological polar surface area (TPSA) is 77.8 Å². The monoisotopic (exact) mass is 373 g/mol. The number of aliphatic hydroxyl groups is 1. The predicted octanol–water partition coefficient (Wildman–Crippen LogP) is 2.60. The van der Waals surface area contributed by atoms with Gasteiger partial charge in [0.2, 0.25) is 0 Å². The molecule has 2 aromatic rings. The summed E-state index contributed by atoms with van der Waals surface area (Å²) in [5.74, 6) is -2.45. The summed E-state index contributed by atoms with van der Waals surface area (Å²) in [4.78, 5) is 24.0. The highest BCUT2D eigenvalue weighted by Crippen LogP contribution is 2.50. The van der Waals surface area contributed by atoms with Gasteiger partial charge in [0, 0.05) is 29.2 Å². The second-order valence-corrected chi connectivity index (χ2v) is 6.18. The summed E-state index contributed by atoms with van der Waals surface area (Å²) in [5.41, 5.74) is -2.66. The van der Waals surface area contributed by atoms with E-state index in [2.05, 4.69) is 0 Å². The molecule has 0 bridgehead atoms. The van der Waals surface area contributed by atoms with Crippen LogP contribution in [0, 0.1) is 6.92 Å². The Bertz CT molecular complexity index is 918. The largest absolute Gasteiger partial charge is 0.462 e. The van der Waals surface area contributed by atoms with E-state index in [0.717, 1.165) is 0 Å². The molecule has 1 aliphatic heterocycles. The van der Waals surface area contributed by atoms with Crippen molar-refractivity contribution in [1.82, 2.24) is 4.57 Å². The summed E-state index contributed by atoms with van der Waals surface area (Å²) in [7, 11) is 1.61. The predicted molar refractivity (Wildman–Crippen MR) is 83.9 cm³/mol. The van der Waals surface area contributed by atoms with E-state index in [0.29, 0.717) is 16.6 Å². The van der Waals surface area contributed by atoms with Crippen LogP contribution in [-0.4, -0.2) is 33.6 Å². The van der Waals surface area contributed by atoms with E-state index in [1.165, 1.54) is 12.1 Å². The maximum Gasteiger partial charge on any atom is 0.365 e. The molecule has 0 saturated heterocycles. The Morgan fingerprint density at radius 2 is 2.12 bits per heavy atom. The van der Waals surface area contributed by atoms with Crippen LogP contribution in [0.3, 0.4) is 0 Å². The van der Waals surface area contributed by atoms with Crippen LogP contribution >= 0.6 is 11.6 Å². The molecule has 0 saturated carbocycles. The van der Waals surface area contributed by atoms with Crippen LogP contribution in [-0.2, 0) is 22.2 Å². The number of fused-ring (bicyclic) bond motifs is 2. The smallest absolute Gasteiger partial charge is 0.365 e. The molecule has 1 N–H and O–H groups in total. The third-order valence-electron chi connectivity index (χ3n) is 4.37. The van der Waals surface area contributed by atoms with Gasteiger partial charge in [0.05, 0.1) is 12.2 Å². The molecule has 1 aromatic heterocycles. The standard InChI is InChI=1S/C16H14ClF2NO5/c1-4-24-13(21)12-7(2)20(3)10-6-9-11(5-8(10)12)25-14(22)15(9,23)16(17,18)19/h5-6,23H,4H2,1-3H3/t15-/m0/s1. The molecule has 0 fully saturated rings. The Hall–Kier alpha value is -2.19. The molecule has 1 atom stereocenters. The number of aromatic nitrogens is 1. The van der Waals surface area contributed by atoms with E-state index >= 15 is 0 Å². The zero-order chi connectivity index (χ0) is 18.7. The van der Waals surface area contributed by atoms with E-state index in [1.54, 1.807) is 25.5 Å². The molecule has 0 aliphatic carbocycles. The minimum absolute atomic E-state index is 0.160. The fourth-order valence-electron chi connectivity index (χ4n) is 2.97. The van der Waals surface area contributed by atoms with Crippen molar-refractivity contribution in [3.8, 4) is 5.75 Å². The highest BCUT2D eigenvalue weighted by molar-refractivity contribution is 6.25. The Morgan fingerprint density at radius 3 is 2.68 bits per heavy atom. The lowest BCUT2D eigenvalue weighted by Gasteiger charge is -2.23. The van der Waals surface area contributed by atoms with Crippen LogP contribution < -0.4 is 4.74 Å². The van der Waals surface area contributed by atoms with Crippen molar-refractivity contribution in [2.24, 2.45) is 7.05 Å². The normalized spacial score (nSPS) is 19.9.